The fourth-order valence-corrected chi connectivity index (χ4v) is 3.47. The van der Waals surface area contributed by atoms with Crippen molar-refractivity contribution in [2.24, 2.45) is 5.92 Å². The van der Waals surface area contributed by atoms with Crippen molar-refractivity contribution >= 4 is 32.6 Å². The highest BCUT2D eigenvalue weighted by Crippen LogP contribution is 2.29. The highest BCUT2D eigenvalue weighted by Gasteiger charge is 2.43. The van der Waals surface area contributed by atoms with E-state index in [-0.39, 0.29) is 11.8 Å². The molecule has 2 aliphatic heterocycles. The van der Waals surface area contributed by atoms with Crippen LogP contribution in [0.5, 0.6) is 0 Å². The van der Waals surface area contributed by atoms with Gasteiger partial charge < -0.3 is 5.32 Å². The molecule has 98 valence electrons. The van der Waals surface area contributed by atoms with Gasteiger partial charge in [0, 0.05) is 16.4 Å². The monoisotopic (exact) mass is 320 g/mol. The molecular weight excluding hydrogens is 308 g/mol. The van der Waals surface area contributed by atoms with Crippen molar-refractivity contribution in [3.8, 4) is 0 Å². The van der Waals surface area contributed by atoms with Gasteiger partial charge in [0.15, 0.2) is 0 Å². The number of benzene rings is 1. The quantitative estimate of drug-likeness (QED) is 0.732. The lowest BCUT2D eigenvalue weighted by Gasteiger charge is -2.21. The summed E-state index contributed by atoms with van der Waals surface area (Å²) >= 11 is 3.42. The number of nitrogens with one attached hydrogen (secondary N) is 3. The lowest BCUT2D eigenvalue weighted by molar-refractivity contribution is 0.0915. The average Bonchev–Trinajstić information content (AvgIpc) is 3.11. The number of hydrogen-bond acceptors (Lipinski definition) is 4. The number of ketones is 1. The van der Waals surface area contributed by atoms with E-state index in [0.717, 1.165) is 28.3 Å². The number of fused-ring (bicyclic) bond motifs is 3. The van der Waals surface area contributed by atoms with Gasteiger partial charge in [-0.15, -0.1) is 0 Å². The largest absolute Gasteiger partial charge is 0.302 e. The number of halogens is 1. The molecule has 4 rings (SSSR count). The molecule has 0 saturated carbocycles. The summed E-state index contributed by atoms with van der Waals surface area (Å²) in [6.07, 6.45) is 1.32. The second-order valence-electron chi connectivity index (χ2n) is 5.23. The van der Waals surface area contributed by atoms with E-state index < -0.39 is 0 Å². The minimum absolute atomic E-state index is 0.0959. The Kier molecular flexibility index (Phi) is 2.51. The Labute approximate surface area is 118 Å². The van der Waals surface area contributed by atoms with Gasteiger partial charge in [-0.05, 0) is 30.5 Å². The van der Waals surface area contributed by atoms with Crippen LogP contribution in [0.2, 0.25) is 0 Å². The van der Waals surface area contributed by atoms with Crippen LogP contribution < -0.4 is 10.6 Å². The second kappa shape index (κ2) is 4.13. The summed E-state index contributed by atoms with van der Waals surface area (Å²) in [4.78, 5) is 12.6. The third-order valence-corrected chi connectivity index (χ3v) is 4.55. The summed E-state index contributed by atoms with van der Waals surface area (Å²) in [5, 5.41) is 14.7. The zero-order chi connectivity index (χ0) is 13.0. The third-order valence-electron chi connectivity index (χ3n) is 4.06. The van der Waals surface area contributed by atoms with E-state index in [1.165, 1.54) is 0 Å². The smallest absolute Gasteiger partial charge is 0.200 e. The van der Waals surface area contributed by atoms with Crippen molar-refractivity contribution in [2.45, 2.75) is 18.6 Å². The number of hydrogen-bond donors (Lipinski definition) is 3. The predicted octanol–water partition coefficient (Wildman–Crippen LogP) is 1.42. The molecule has 2 fully saturated rings. The number of H-pyrrole nitrogens is 1. The first kappa shape index (κ1) is 11.6. The highest BCUT2D eigenvalue weighted by atomic mass is 79.9. The van der Waals surface area contributed by atoms with Gasteiger partial charge in [0.05, 0.1) is 17.7 Å². The van der Waals surface area contributed by atoms with E-state index in [2.05, 4.69) is 36.8 Å². The van der Waals surface area contributed by atoms with E-state index in [1.807, 2.05) is 18.2 Å². The molecule has 3 heterocycles. The molecule has 3 N–H and O–H groups in total. The minimum Gasteiger partial charge on any atom is -0.302 e. The Morgan fingerprint density at radius 1 is 1.42 bits per heavy atom. The standard InChI is InChI=1S/C13H13BrN4O/c14-7-1-2-8-9(4-7)17-18-12(8)13(19)11-6-3-10(16-11)15-5-6/h1-2,4,6,10-11,15-16H,3,5H2,(H,17,18)/t6-,10+,11?/m0/s1. The fraction of sp³-hybridized carbons (Fsp3) is 0.385. The first-order valence-electron chi connectivity index (χ1n) is 6.39. The summed E-state index contributed by atoms with van der Waals surface area (Å²) in [5.41, 5.74) is 1.44. The van der Waals surface area contributed by atoms with Crippen molar-refractivity contribution < 1.29 is 4.79 Å². The number of carbonyl (C=O) groups is 1. The molecular formula is C13H13BrN4O. The topological polar surface area (TPSA) is 69.8 Å². The van der Waals surface area contributed by atoms with E-state index in [1.54, 1.807) is 0 Å². The summed E-state index contributed by atoms with van der Waals surface area (Å²) < 4.78 is 0.977. The van der Waals surface area contributed by atoms with Crippen molar-refractivity contribution in [3.63, 3.8) is 0 Å². The number of carbonyl (C=O) groups excluding carboxylic acids is 1. The molecule has 19 heavy (non-hydrogen) atoms. The van der Waals surface area contributed by atoms with Crippen LogP contribution in [0.3, 0.4) is 0 Å². The summed E-state index contributed by atoms with van der Waals surface area (Å²) in [6.45, 7) is 0.919. The number of Topliss-reactive ketones (excluding diaryl/α,β-unsaturated/α-hetero) is 1. The number of aromatic amines is 1. The third kappa shape index (κ3) is 1.74. The van der Waals surface area contributed by atoms with Gasteiger partial charge in [0.1, 0.15) is 5.69 Å². The number of nitrogens with zero attached hydrogens (tertiary/aromatic N) is 1. The molecule has 1 aromatic carbocycles. The summed E-state index contributed by atoms with van der Waals surface area (Å²) in [5.74, 6) is 0.488. The van der Waals surface area contributed by atoms with Gasteiger partial charge in [-0.2, -0.15) is 5.10 Å². The summed E-state index contributed by atoms with van der Waals surface area (Å²) in [6, 6.07) is 5.71. The SMILES string of the molecule is O=C(c1n[nH]c2cc(Br)ccc12)C1N[C@@H]2C[C@H]1CN2. The summed E-state index contributed by atoms with van der Waals surface area (Å²) in [7, 11) is 0. The second-order valence-corrected chi connectivity index (χ2v) is 6.14. The molecule has 2 bridgehead atoms. The zero-order valence-electron chi connectivity index (χ0n) is 10.1. The maximum absolute atomic E-state index is 12.6. The molecule has 1 unspecified atom stereocenters. The molecule has 2 aliphatic rings. The van der Waals surface area contributed by atoms with Crippen LogP contribution in [0.4, 0.5) is 0 Å². The van der Waals surface area contributed by atoms with Crippen LogP contribution in [-0.4, -0.2) is 34.7 Å². The van der Waals surface area contributed by atoms with Crippen LogP contribution in [0, 0.1) is 5.92 Å². The molecule has 0 amide bonds. The van der Waals surface area contributed by atoms with Gasteiger partial charge in [0.2, 0.25) is 5.78 Å². The van der Waals surface area contributed by atoms with Crippen LogP contribution in [0.15, 0.2) is 22.7 Å². The molecule has 6 heteroatoms. The lowest BCUT2D eigenvalue weighted by Crippen LogP contribution is -2.50. The molecule has 3 atom stereocenters. The van der Waals surface area contributed by atoms with Crippen LogP contribution in [-0.2, 0) is 0 Å². The van der Waals surface area contributed by atoms with Crippen molar-refractivity contribution in [1.82, 2.24) is 20.8 Å². The van der Waals surface area contributed by atoms with E-state index in [4.69, 9.17) is 0 Å². The Hall–Kier alpha value is -1.24. The Morgan fingerprint density at radius 3 is 3.05 bits per heavy atom. The Bertz CT molecular complexity index is 668. The van der Waals surface area contributed by atoms with E-state index >= 15 is 0 Å². The average molecular weight is 321 g/mol. The van der Waals surface area contributed by atoms with Crippen LogP contribution >= 0.6 is 15.9 Å². The number of rotatable bonds is 2. The van der Waals surface area contributed by atoms with Gasteiger partial charge in [-0.1, -0.05) is 15.9 Å². The molecule has 2 saturated heterocycles. The van der Waals surface area contributed by atoms with Crippen molar-refractivity contribution in [2.75, 3.05) is 6.54 Å². The lowest BCUT2D eigenvalue weighted by atomic mass is 9.96. The predicted molar refractivity (Wildman–Crippen MR) is 74.9 cm³/mol. The van der Waals surface area contributed by atoms with Crippen molar-refractivity contribution in [3.05, 3.63) is 28.4 Å². The molecule has 0 spiro atoms. The van der Waals surface area contributed by atoms with E-state index in [9.17, 15) is 4.79 Å². The van der Waals surface area contributed by atoms with Crippen molar-refractivity contribution in [1.29, 1.82) is 0 Å². The maximum atomic E-state index is 12.6. The maximum Gasteiger partial charge on any atom is 0.200 e. The van der Waals surface area contributed by atoms with Gasteiger partial charge in [-0.3, -0.25) is 15.2 Å². The van der Waals surface area contributed by atoms with Gasteiger partial charge >= 0.3 is 0 Å². The minimum atomic E-state index is -0.0959. The Balaban J connectivity index is 1.72. The zero-order valence-corrected chi connectivity index (χ0v) is 11.7. The fourth-order valence-electron chi connectivity index (χ4n) is 3.11. The number of aromatic nitrogens is 2. The molecule has 2 aromatic rings. The van der Waals surface area contributed by atoms with Gasteiger partial charge in [0.25, 0.3) is 0 Å². The molecule has 0 radical (unpaired) electrons. The molecule has 1 aromatic heterocycles. The highest BCUT2D eigenvalue weighted by molar-refractivity contribution is 9.10. The molecule has 0 aliphatic carbocycles. The van der Waals surface area contributed by atoms with Crippen LogP contribution in [0.1, 0.15) is 16.9 Å². The van der Waals surface area contributed by atoms with E-state index in [0.29, 0.717) is 17.8 Å². The first-order chi connectivity index (χ1) is 9.22. The van der Waals surface area contributed by atoms with Gasteiger partial charge in [-0.25, -0.2) is 0 Å². The Morgan fingerprint density at radius 2 is 2.32 bits per heavy atom. The first-order valence-corrected chi connectivity index (χ1v) is 7.19. The molecule has 5 nitrogen and oxygen atoms in total. The van der Waals surface area contributed by atoms with Crippen LogP contribution in [0.25, 0.3) is 10.9 Å². The normalized spacial score (nSPS) is 29.2.